The molecule has 8 aromatic rings. The van der Waals surface area contributed by atoms with Gasteiger partial charge in [-0.3, -0.25) is 0 Å². The van der Waals surface area contributed by atoms with Crippen LogP contribution in [0.1, 0.15) is 162 Å². The fourth-order valence-corrected chi connectivity index (χ4v) is 13.7. The van der Waals surface area contributed by atoms with Crippen molar-refractivity contribution in [3.8, 4) is 11.1 Å². The standard InChI is InChI=1S/C73H80BN3/c1-47-39-55-57(72(12,13)37-35-70(55,8)9)45-63(47)77-62-34-32-53(75(51-27-21-17-22-28-51)52-29-23-18-24-30-52)43-59(62)74-60-44-56-58(73(14,15)38-36-71(56,10)11)46-64(60)76(65-41-50(69(5,6)7)42-66(77)67(65)74)61-33-31-49(68(2,3)4)40-54(61)48-25-19-16-20-26-48/h16-34,39-46H,35-38H2,1-15H3. The van der Waals surface area contributed by atoms with Crippen LogP contribution in [0.15, 0.2) is 164 Å². The third kappa shape index (κ3) is 8.38. The van der Waals surface area contributed by atoms with Crippen molar-refractivity contribution in [3.63, 3.8) is 0 Å². The summed E-state index contributed by atoms with van der Waals surface area (Å²) in [5.74, 6) is 0. The molecule has 390 valence electrons. The van der Waals surface area contributed by atoms with Crippen LogP contribution in [0.5, 0.6) is 0 Å². The Balaban J connectivity index is 1.25. The molecule has 0 bridgehead atoms. The molecule has 12 rings (SSSR count). The minimum atomic E-state index is -0.161. The van der Waals surface area contributed by atoms with Gasteiger partial charge in [-0.15, -0.1) is 0 Å². The summed E-state index contributed by atoms with van der Waals surface area (Å²) in [5.41, 5.74) is 27.3. The van der Waals surface area contributed by atoms with Crippen LogP contribution in [-0.2, 0) is 32.5 Å². The molecule has 77 heavy (non-hydrogen) atoms. The SMILES string of the molecule is Cc1cc2c(cc1N1c3ccc(N(c4ccccc4)c4ccccc4)cc3B3c4cc5c(cc4N(c4ccc(C(C)(C)C)cc4-c4ccccc4)c4cc(C(C)(C)C)cc1c43)C(C)(C)CCC5(C)C)C(C)(C)CCC2(C)C. The van der Waals surface area contributed by atoms with Gasteiger partial charge < -0.3 is 14.7 Å². The third-order valence-electron chi connectivity index (χ3n) is 18.8. The summed E-state index contributed by atoms with van der Waals surface area (Å²) in [6.07, 6.45) is 4.62. The van der Waals surface area contributed by atoms with E-state index in [2.05, 4.69) is 282 Å². The number of anilines is 9. The lowest BCUT2D eigenvalue weighted by atomic mass is 9.33. The van der Waals surface area contributed by atoms with Crippen LogP contribution in [0, 0.1) is 6.92 Å². The molecule has 3 nitrogen and oxygen atoms in total. The molecule has 2 heterocycles. The molecule has 0 saturated heterocycles. The molecule has 0 spiro atoms. The lowest BCUT2D eigenvalue weighted by Gasteiger charge is -2.48. The third-order valence-corrected chi connectivity index (χ3v) is 18.8. The molecular weight excluding hydrogens is 930 g/mol. The molecule has 8 aromatic carbocycles. The zero-order chi connectivity index (χ0) is 54.4. The predicted molar refractivity (Wildman–Crippen MR) is 333 cm³/mol. The second-order valence-corrected chi connectivity index (χ2v) is 28.1. The summed E-state index contributed by atoms with van der Waals surface area (Å²) in [4.78, 5) is 7.89. The van der Waals surface area contributed by atoms with Crippen LogP contribution in [0.4, 0.5) is 51.2 Å². The summed E-state index contributed by atoms with van der Waals surface area (Å²) >= 11 is 0. The molecule has 0 saturated carbocycles. The zero-order valence-corrected chi connectivity index (χ0v) is 48.8. The predicted octanol–water partition coefficient (Wildman–Crippen LogP) is 18.5. The van der Waals surface area contributed by atoms with Crippen LogP contribution in [0.3, 0.4) is 0 Å². The molecule has 0 atom stereocenters. The molecule has 2 aliphatic carbocycles. The van der Waals surface area contributed by atoms with Crippen LogP contribution in [0.25, 0.3) is 11.1 Å². The van der Waals surface area contributed by atoms with Crippen LogP contribution in [0.2, 0.25) is 0 Å². The minimum absolute atomic E-state index is 0.00289. The van der Waals surface area contributed by atoms with Crippen molar-refractivity contribution in [1.82, 2.24) is 0 Å². The number of aryl methyl sites for hydroxylation is 1. The quantitative estimate of drug-likeness (QED) is 0.154. The first-order valence-electron chi connectivity index (χ1n) is 28.7. The van der Waals surface area contributed by atoms with Gasteiger partial charge in [0.2, 0.25) is 0 Å². The van der Waals surface area contributed by atoms with Crippen LogP contribution >= 0.6 is 0 Å². The monoisotopic (exact) mass is 1010 g/mol. The van der Waals surface area contributed by atoms with Gasteiger partial charge in [0.15, 0.2) is 0 Å². The van der Waals surface area contributed by atoms with Crippen molar-refractivity contribution in [1.29, 1.82) is 0 Å². The summed E-state index contributed by atoms with van der Waals surface area (Å²) in [6.45, 7) is 36.4. The maximum absolute atomic E-state index is 2.73. The van der Waals surface area contributed by atoms with E-state index in [0.717, 1.165) is 36.3 Å². The summed E-state index contributed by atoms with van der Waals surface area (Å²) in [6, 6.07) is 63.6. The lowest BCUT2D eigenvalue weighted by molar-refractivity contribution is 0.332. The summed E-state index contributed by atoms with van der Waals surface area (Å²) in [5, 5.41) is 0. The highest BCUT2D eigenvalue weighted by atomic mass is 15.2. The van der Waals surface area contributed by atoms with Gasteiger partial charge in [-0.25, -0.2) is 0 Å². The average molecular weight is 1010 g/mol. The van der Waals surface area contributed by atoms with Gasteiger partial charge in [-0.05, 0) is 205 Å². The number of para-hydroxylation sites is 2. The van der Waals surface area contributed by atoms with Gasteiger partial charge in [0.1, 0.15) is 0 Å². The molecule has 0 aromatic heterocycles. The van der Waals surface area contributed by atoms with Crippen molar-refractivity contribution in [2.45, 2.75) is 162 Å². The first-order valence-corrected chi connectivity index (χ1v) is 28.7. The van der Waals surface area contributed by atoms with E-state index in [1.807, 2.05) is 0 Å². The molecule has 0 unspecified atom stereocenters. The number of nitrogens with zero attached hydrogens (tertiary/aromatic N) is 3. The Bertz CT molecular complexity index is 3580. The smallest absolute Gasteiger partial charge is 0.252 e. The number of hydrogen-bond acceptors (Lipinski definition) is 3. The van der Waals surface area contributed by atoms with Crippen molar-refractivity contribution in [2.24, 2.45) is 0 Å². The van der Waals surface area contributed by atoms with Crippen molar-refractivity contribution in [2.75, 3.05) is 14.7 Å². The van der Waals surface area contributed by atoms with Crippen molar-refractivity contribution < 1.29 is 0 Å². The van der Waals surface area contributed by atoms with E-state index in [4.69, 9.17) is 0 Å². The van der Waals surface area contributed by atoms with Gasteiger partial charge in [0, 0.05) is 51.1 Å². The summed E-state index contributed by atoms with van der Waals surface area (Å²) < 4.78 is 0. The van der Waals surface area contributed by atoms with Crippen molar-refractivity contribution >= 4 is 74.3 Å². The second-order valence-electron chi connectivity index (χ2n) is 28.1. The molecule has 0 N–H and O–H groups in total. The van der Waals surface area contributed by atoms with Gasteiger partial charge in [-0.1, -0.05) is 182 Å². The molecule has 4 aliphatic rings. The van der Waals surface area contributed by atoms with E-state index in [1.54, 1.807) is 0 Å². The topological polar surface area (TPSA) is 9.72 Å². The van der Waals surface area contributed by atoms with Gasteiger partial charge >= 0.3 is 0 Å². The molecule has 4 heteroatoms. The second kappa shape index (κ2) is 17.6. The molecule has 0 amide bonds. The highest BCUT2D eigenvalue weighted by molar-refractivity contribution is 7.00. The maximum atomic E-state index is 2.73. The zero-order valence-electron chi connectivity index (χ0n) is 48.8. The van der Waals surface area contributed by atoms with E-state index in [0.29, 0.717) is 0 Å². The Kier molecular flexibility index (Phi) is 11.7. The normalized spacial score (nSPS) is 17.4. The van der Waals surface area contributed by atoms with Crippen molar-refractivity contribution in [3.05, 3.63) is 203 Å². The Morgan fingerprint density at radius 2 is 0.831 bits per heavy atom. The highest BCUT2D eigenvalue weighted by Crippen LogP contribution is 2.55. The van der Waals surface area contributed by atoms with E-state index in [1.165, 1.54) is 107 Å². The average Bonchev–Trinajstić information content (AvgIpc) is 3.52. The Morgan fingerprint density at radius 3 is 1.35 bits per heavy atom. The first-order chi connectivity index (χ1) is 36.3. The van der Waals surface area contributed by atoms with Crippen LogP contribution in [-0.4, -0.2) is 6.71 Å². The molecule has 0 fully saturated rings. The minimum Gasteiger partial charge on any atom is -0.311 e. The van der Waals surface area contributed by atoms with Crippen LogP contribution < -0.4 is 31.1 Å². The Morgan fingerprint density at radius 1 is 0.390 bits per heavy atom. The number of hydrogen-bond donors (Lipinski definition) is 0. The van der Waals surface area contributed by atoms with E-state index >= 15 is 0 Å². The van der Waals surface area contributed by atoms with Gasteiger partial charge in [-0.2, -0.15) is 0 Å². The van der Waals surface area contributed by atoms with Gasteiger partial charge in [0.05, 0.1) is 5.69 Å². The number of benzene rings is 8. The molecular formula is C73H80BN3. The Hall–Kier alpha value is -6.78. The van der Waals surface area contributed by atoms with Gasteiger partial charge in [0.25, 0.3) is 6.71 Å². The fourth-order valence-electron chi connectivity index (χ4n) is 13.7. The Labute approximate surface area is 462 Å². The highest BCUT2D eigenvalue weighted by Gasteiger charge is 2.48. The maximum Gasteiger partial charge on any atom is 0.252 e. The molecule has 2 aliphatic heterocycles. The van der Waals surface area contributed by atoms with E-state index in [-0.39, 0.29) is 39.2 Å². The largest absolute Gasteiger partial charge is 0.311 e. The lowest BCUT2D eigenvalue weighted by Crippen LogP contribution is -2.62. The number of fused-ring (bicyclic) bond motifs is 6. The fraction of sp³-hybridized carbons (Fsp3) is 0.342. The first kappa shape index (κ1) is 51.0. The van der Waals surface area contributed by atoms with E-state index < -0.39 is 0 Å². The number of rotatable bonds is 6. The van der Waals surface area contributed by atoms with E-state index in [9.17, 15) is 0 Å². The molecule has 0 radical (unpaired) electrons. The summed E-state index contributed by atoms with van der Waals surface area (Å²) in [7, 11) is 0.